The third kappa shape index (κ3) is 3.49. The second kappa shape index (κ2) is 7.40. The van der Waals surface area contributed by atoms with Gasteiger partial charge in [0.15, 0.2) is 0 Å². The highest BCUT2D eigenvalue weighted by Gasteiger charge is 2.31. The molecule has 1 N–H and O–H groups in total. The maximum atomic E-state index is 12.6. The lowest BCUT2D eigenvalue weighted by Gasteiger charge is -2.31. The molecule has 0 radical (unpaired) electrons. The van der Waals surface area contributed by atoms with Crippen LogP contribution < -0.4 is 4.90 Å². The summed E-state index contributed by atoms with van der Waals surface area (Å²) in [5, 5.41) is 10.5. The smallest absolute Gasteiger partial charge is 0.240 e. The van der Waals surface area contributed by atoms with E-state index in [1.807, 2.05) is 36.0 Å². The van der Waals surface area contributed by atoms with Crippen LogP contribution in [0, 0.1) is 0 Å². The van der Waals surface area contributed by atoms with E-state index >= 15 is 0 Å². The van der Waals surface area contributed by atoms with Crippen molar-refractivity contribution in [2.24, 2.45) is 0 Å². The monoisotopic (exact) mass is 345 g/mol. The number of thioether (sulfide) groups is 1. The SMILES string of the molecule is CCCC[C@@H]1Sc2ccc([C@@H](O)Cn3ccnc3)cc2N(C)C1=O. The predicted octanol–water partition coefficient (Wildman–Crippen LogP) is 3.24. The zero-order valence-corrected chi connectivity index (χ0v) is 14.9. The van der Waals surface area contributed by atoms with Crippen molar-refractivity contribution in [1.82, 2.24) is 9.55 Å². The molecule has 24 heavy (non-hydrogen) atoms. The van der Waals surface area contributed by atoms with Gasteiger partial charge in [0.25, 0.3) is 0 Å². The number of aliphatic hydroxyl groups excluding tert-OH is 1. The molecular formula is C18H23N3O2S. The molecule has 0 fully saturated rings. The standard InChI is InChI=1S/C18H23N3O2S/c1-3-4-5-17-18(23)20(2)14-10-13(6-7-16(14)24-17)15(22)11-21-9-8-19-12-21/h6-10,12,15,17,22H,3-5,11H2,1-2H3/t15-,17-/m0/s1. The van der Waals surface area contributed by atoms with E-state index in [1.165, 1.54) is 0 Å². The number of anilines is 1. The summed E-state index contributed by atoms with van der Waals surface area (Å²) >= 11 is 1.65. The molecule has 1 amide bonds. The van der Waals surface area contributed by atoms with Crippen LogP contribution in [0.4, 0.5) is 5.69 Å². The maximum absolute atomic E-state index is 12.6. The van der Waals surface area contributed by atoms with Crippen LogP contribution in [0.3, 0.4) is 0 Å². The number of aliphatic hydroxyl groups is 1. The average Bonchev–Trinajstić information content (AvgIpc) is 3.09. The van der Waals surface area contributed by atoms with Gasteiger partial charge in [0, 0.05) is 24.3 Å². The van der Waals surface area contributed by atoms with Crippen molar-refractivity contribution < 1.29 is 9.90 Å². The number of hydrogen-bond donors (Lipinski definition) is 1. The Hall–Kier alpha value is -1.79. The van der Waals surface area contributed by atoms with E-state index in [4.69, 9.17) is 0 Å². The number of amides is 1. The van der Waals surface area contributed by atoms with E-state index in [2.05, 4.69) is 11.9 Å². The molecule has 2 atom stereocenters. The van der Waals surface area contributed by atoms with E-state index in [1.54, 1.807) is 29.2 Å². The Balaban J connectivity index is 1.79. The molecule has 6 heteroatoms. The number of benzene rings is 1. The van der Waals surface area contributed by atoms with Crippen molar-refractivity contribution in [3.8, 4) is 0 Å². The first-order chi connectivity index (χ1) is 11.6. The Kier molecular flexibility index (Phi) is 5.26. The van der Waals surface area contributed by atoms with Crippen LogP contribution in [-0.4, -0.2) is 32.9 Å². The molecule has 0 saturated heterocycles. The van der Waals surface area contributed by atoms with Gasteiger partial charge in [0.1, 0.15) is 0 Å². The Morgan fingerprint density at radius 3 is 2.96 bits per heavy atom. The van der Waals surface area contributed by atoms with Crippen LogP contribution in [-0.2, 0) is 11.3 Å². The van der Waals surface area contributed by atoms with Crippen molar-refractivity contribution in [3.05, 3.63) is 42.5 Å². The van der Waals surface area contributed by atoms with E-state index in [9.17, 15) is 9.90 Å². The predicted molar refractivity (Wildman–Crippen MR) is 96.2 cm³/mol. The molecule has 1 aliphatic rings. The largest absolute Gasteiger partial charge is 0.387 e. The summed E-state index contributed by atoms with van der Waals surface area (Å²) in [7, 11) is 1.83. The van der Waals surface area contributed by atoms with Crippen LogP contribution in [0.15, 0.2) is 41.8 Å². The number of fused-ring (bicyclic) bond motifs is 1. The normalized spacial score (nSPS) is 18.5. The molecule has 128 valence electrons. The fourth-order valence-electron chi connectivity index (χ4n) is 2.91. The van der Waals surface area contributed by atoms with Gasteiger partial charge in [0.2, 0.25) is 5.91 Å². The molecule has 5 nitrogen and oxygen atoms in total. The molecular weight excluding hydrogens is 322 g/mol. The molecule has 2 heterocycles. The minimum Gasteiger partial charge on any atom is -0.387 e. The Morgan fingerprint density at radius 2 is 2.25 bits per heavy atom. The summed E-state index contributed by atoms with van der Waals surface area (Å²) in [6.45, 7) is 2.59. The summed E-state index contributed by atoms with van der Waals surface area (Å²) in [6, 6.07) is 5.90. The van der Waals surface area contributed by atoms with E-state index in [0.29, 0.717) is 6.54 Å². The minimum absolute atomic E-state index is 0.00386. The molecule has 0 unspecified atom stereocenters. The van der Waals surface area contributed by atoms with Crippen molar-refractivity contribution in [1.29, 1.82) is 0 Å². The number of carbonyl (C=O) groups excluding carboxylic acids is 1. The van der Waals surface area contributed by atoms with Gasteiger partial charge in [-0.2, -0.15) is 0 Å². The first kappa shape index (κ1) is 17.0. The minimum atomic E-state index is -0.629. The molecule has 3 rings (SSSR count). The fraction of sp³-hybridized carbons (Fsp3) is 0.444. The van der Waals surface area contributed by atoms with Gasteiger partial charge in [-0.15, -0.1) is 11.8 Å². The highest BCUT2D eigenvalue weighted by molar-refractivity contribution is 8.01. The number of hydrogen-bond acceptors (Lipinski definition) is 4. The van der Waals surface area contributed by atoms with Gasteiger partial charge in [-0.05, 0) is 24.1 Å². The Morgan fingerprint density at radius 1 is 1.42 bits per heavy atom. The van der Waals surface area contributed by atoms with Crippen LogP contribution in [0.5, 0.6) is 0 Å². The molecule has 1 aliphatic heterocycles. The first-order valence-corrected chi connectivity index (χ1v) is 9.20. The lowest BCUT2D eigenvalue weighted by atomic mass is 10.1. The summed E-state index contributed by atoms with van der Waals surface area (Å²) in [4.78, 5) is 19.4. The second-order valence-corrected chi connectivity index (χ2v) is 7.39. The zero-order chi connectivity index (χ0) is 17.1. The summed E-state index contributed by atoms with van der Waals surface area (Å²) in [6.07, 6.45) is 7.65. The van der Waals surface area contributed by atoms with Crippen LogP contribution in [0.25, 0.3) is 0 Å². The quantitative estimate of drug-likeness (QED) is 0.873. The van der Waals surface area contributed by atoms with Gasteiger partial charge in [-0.1, -0.05) is 25.8 Å². The van der Waals surface area contributed by atoms with Gasteiger partial charge in [-0.3, -0.25) is 4.79 Å². The van der Waals surface area contributed by atoms with Gasteiger partial charge in [-0.25, -0.2) is 4.98 Å². The van der Waals surface area contributed by atoms with Gasteiger partial charge < -0.3 is 14.6 Å². The third-order valence-corrected chi connectivity index (χ3v) is 5.69. The Labute approximate surface area is 146 Å². The summed E-state index contributed by atoms with van der Waals surface area (Å²) in [5.74, 6) is 0.155. The molecule has 0 aliphatic carbocycles. The number of imidazole rings is 1. The topological polar surface area (TPSA) is 58.4 Å². The highest BCUT2D eigenvalue weighted by atomic mass is 32.2. The third-order valence-electron chi connectivity index (χ3n) is 4.37. The highest BCUT2D eigenvalue weighted by Crippen LogP contribution is 2.41. The number of aromatic nitrogens is 2. The van der Waals surface area contributed by atoms with Gasteiger partial charge in [0.05, 0.1) is 29.9 Å². The number of rotatable bonds is 6. The maximum Gasteiger partial charge on any atom is 0.240 e. The van der Waals surface area contributed by atoms with Crippen LogP contribution in [0.2, 0.25) is 0 Å². The number of carbonyl (C=O) groups is 1. The molecule has 1 aromatic heterocycles. The second-order valence-electron chi connectivity index (χ2n) is 6.15. The molecule has 2 aromatic rings. The molecule has 0 bridgehead atoms. The van der Waals surface area contributed by atoms with Crippen LogP contribution >= 0.6 is 11.8 Å². The molecule has 0 saturated carbocycles. The lowest BCUT2D eigenvalue weighted by molar-refractivity contribution is -0.118. The summed E-state index contributed by atoms with van der Waals surface area (Å²) < 4.78 is 1.84. The lowest BCUT2D eigenvalue weighted by Crippen LogP contribution is -2.38. The zero-order valence-electron chi connectivity index (χ0n) is 14.1. The fourth-order valence-corrected chi connectivity index (χ4v) is 4.23. The van der Waals surface area contributed by atoms with Crippen molar-refractivity contribution in [2.75, 3.05) is 11.9 Å². The number of unbranched alkanes of at least 4 members (excludes halogenated alkanes) is 1. The van der Waals surface area contributed by atoms with Gasteiger partial charge >= 0.3 is 0 Å². The van der Waals surface area contributed by atoms with E-state index in [-0.39, 0.29) is 11.2 Å². The van der Waals surface area contributed by atoms with E-state index in [0.717, 1.165) is 35.4 Å². The van der Waals surface area contributed by atoms with Crippen molar-refractivity contribution >= 4 is 23.4 Å². The molecule has 0 spiro atoms. The van der Waals surface area contributed by atoms with E-state index < -0.39 is 6.10 Å². The molecule has 1 aromatic carbocycles. The average molecular weight is 345 g/mol. The number of nitrogens with zero attached hydrogens (tertiary/aromatic N) is 3. The Bertz CT molecular complexity index is 702. The van der Waals surface area contributed by atoms with Crippen molar-refractivity contribution in [3.63, 3.8) is 0 Å². The van der Waals surface area contributed by atoms with Crippen molar-refractivity contribution in [2.45, 2.75) is 49.0 Å². The van der Waals surface area contributed by atoms with Crippen LogP contribution in [0.1, 0.15) is 37.9 Å². The first-order valence-electron chi connectivity index (χ1n) is 8.32. The summed E-state index contributed by atoms with van der Waals surface area (Å²) in [5.41, 5.74) is 1.70.